The van der Waals surface area contributed by atoms with Gasteiger partial charge in [-0.2, -0.15) is 0 Å². The van der Waals surface area contributed by atoms with Gasteiger partial charge in [0.2, 0.25) is 0 Å². The number of hydrogen-bond acceptors (Lipinski definition) is 2. The van der Waals surface area contributed by atoms with Crippen LogP contribution in [0.5, 0.6) is 0 Å². The fourth-order valence-electron chi connectivity index (χ4n) is 0.461. The summed E-state index contributed by atoms with van der Waals surface area (Å²) in [7, 11) is 0. The Labute approximate surface area is 69.1 Å². The van der Waals surface area contributed by atoms with Gasteiger partial charge in [0.25, 0.3) is 0 Å². The van der Waals surface area contributed by atoms with Gasteiger partial charge in [-0.1, -0.05) is 18.7 Å². The van der Waals surface area contributed by atoms with E-state index in [0.717, 1.165) is 24.3 Å². The second-order valence-corrected chi connectivity index (χ2v) is 1.83. The molecule has 0 aromatic rings. The lowest BCUT2D eigenvalue weighted by molar-refractivity contribution is -0.133. The number of carboxylic acid groups (broad SMARTS) is 2. The van der Waals surface area contributed by atoms with Gasteiger partial charge in [-0.25, -0.2) is 9.59 Å². The van der Waals surface area contributed by atoms with Crippen molar-refractivity contribution in [1.82, 2.24) is 0 Å². The lowest BCUT2D eigenvalue weighted by Crippen LogP contribution is -1.96. The molecular weight excluding hydrogens is 160 g/mol. The maximum atomic E-state index is 10.3. The van der Waals surface area contributed by atoms with Crippen molar-refractivity contribution in [2.24, 2.45) is 0 Å². The molecule has 0 aliphatic carbocycles. The van der Waals surface area contributed by atoms with Crippen LogP contribution >= 0.6 is 0 Å². The summed E-state index contributed by atoms with van der Waals surface area (Å²) in [4.78, 5) is 20.2. The SMILES string of the molecule is C=CC(=CC=CC(=O)O)C(=O)O. The zero-order valence-corrected chi connectivity index (χ0v) is 6.23. The van der Waals surface area contributed by atoms with Crippen molar-refractivity contribution in [3.63, 3.8) is 0 Å². The van der Waals surface area contributed by atoms with Crippen LogP contribution in [0.3, 0.4) is 0 Å². The maximum absolute atomic E-state index is 10.3. The third-order valence-electron chi connectivity index (χ3n) is 0.981. The molecule has 0 bridgehead atoms. The quantitative estimate of drug-likeness (QED) is 0.481. The van der Waals surface area contributed by atoms with Gasteiger partial charge in [-0.3, -0.25) is 0 Å². The first-order chi connectivity index (χ1) is 5.57. The Morgan fingerprint density at radius 2 is 1.83 bits per heavy atom. The van der Waals surface area contributed by atoms with E-state index in [1.54, 1.807) is 0 Å². The van der Waals surface area contributed by atoms with Crippen LogP contribution < -0.4 is 0 Å². The van der Waals surface area contributed by atoms with Gasteiger partial charge in [-0.05, 0) is 6.08 Å². The molecule has 0 saturated carbocycles. The van der Waals surface area contributed by atoms with Crippen LogP contribution in [0.1, 0.15) is 0 Å². The van der Waals surface area contributed by atoms with E-state index in [-0.39, 0.29) is 5.57 Å². The molecule has 64 valence electrons. The molecular formula is C8H8O4. The number of rotatable bonds is 4. The molecule has 0 aliphatic heterocycles. The van der Waals surface area contributed by atoms with Gasteiger partial charge in [0, 0.05) is 6.08 Å². The monoisotopic (exact) mass is 168 g/mol. The number of carboxylic acids is 2. The van der Waals surface area contributed by atoms with Crippen LogP contribution in [0.2, 0.25) is 0 Å². The minimum atomic E-state index is -1.14. The average Bonchev–Trinajstić information content (AvgIpc) is 1.96. The van der Waals surface area contributed by atoms with E-state index in [1.807, 2.05) is 0 Å². The fraction of sp³-hybridized carbons (Fsp3) is 0. The lowest BCUT2D eigenvalue weighted by atomic mass is 10.2. The standard InChI is InChI=1S/C8H8O4/c1-2-6(8(11)12)4-3-5-7(9)10/h2-5H,1H2,(H,9,10)(H,11,12). The molecule has 0 spiro atoms. The number of allylic oxidation sites excluding steroid dienone is 2. The Bertz CT molecular complexity index is 260. The van der Waals surface area contributed by atoms with Gasteiger partial charge in [0.05, 0.1) is 5.57 Å². The number of hydrogen-bond donors (Lipinski definition) is 2. The highest BCUT2D eigenvalue weighted by Gasteiger charge is 1.98. The second-order valence-electron chi connectivity index (χ2n) is 1.83. The molecule has 4 nitrogen and oxygen atoms in total. The minimum absolute atomic E-state index is 0.0486. The Kier molecular flexibility index (Phi) is 4.15. The average molecular weight is 168 g/mol. The predicted octanol–water partition coefficient (Wildman–Crippen LogP) is 0.824. The van der Waals surface area contributed by atoms with Gasteiger partial charge in [0.1, 0.15) is 0 Å². The third-order valence-corrected chi connectivity index (χ3v) is 0.981. The summed E-state index contributed by atoms with van der Waals surface area (Å²) < 4.78 is 0. The smallest absolute Gasteiger partial charge is 0.335 e. The number of aliphatic carboxylic acids is 2. The van der Waals surface area contributed by atoms with Crippen molar-refractivity contribution >= 4 is 11.9 Å². The van der Waals surface area contributed by atoms with Crippen LogP contribution in [0, 0.1) is 0 Å². The molecule has 0 fully saturated rings. The Hall–Kier alpha value is -1.84. The van der Waals surface area contributed by atoms with Gasteiger partial charge < -0.3 is 10.2 Å². The van der Waals surface area contributed by atoms with Crippen molar-refractivity contribution in [2.75, 3.05) is 0 Å². The molecule has 12 heavy (non-hydrogen) atoms. The van der Waals surface area contributed by atoms with Crippen molar-refractivity contribution < 1.29 is 19.8 Å². The first-order valence-corrected chi connectivity index (χ1v) is 3.05. The number of carbonyl (C=O) groups is 2. The van der Waals surface area contributed by atoms with Crippen LogP contribution in [0.25, 0.3) is 0 Å². The molecule has 0 radical (unpaired) electrons. The Morgan fingerprint density at radius 1 is 1.25 bits per heavy atom. The fourth-order valence-corrected chi connectivity index (χ4v) is 0.461. The van der Waals surface area contributed by atoms with Crippen molar-refractivity contribution in [2.45, 2.75) is 0 Å². The Morgan fingerprint density at radius 3 is 2.17 bits per heavy atom. The van der Waals surface area contributed by atoms with Crippen LogP contribution in [-0.4, -0.2) is 22.2 Å². The molecule has 0 aromatic carbocycles. The maximum Gasteiger partial charge on any atom is 0.335 e. The molecule has 2 N–H and O–H groups in total. The molecule has 0 aromatic heterocycles. The normalized spacial score (nSPS) is 11.5. The van der Waals surface area contributed by atoms with E-state index < -0.39 is 11.9 Å². The summed E-state index contributed by atoms with van der Waals surface area (Å²) in [5.41, 5.74) is -0.0486. The zero-order valence-electron chi connectivity index (χ0n) is 6.23. The van der Waals surface area contributed by atoms with Crippen LogP contribution in [0.15, 0.2) is 36.5 Å². The highest BCUT2D eigenvalue weighted by molar-refractivity contribution is 5.90. The molecule has 0 saturated heterocycles. The molecule has 0 heterocycles. The molecule has 0 amide bonds. The molecule has 4 heteroatoms. The van der Waals surface area contributed by atoms with Crippen molar-refractivity contribution in [1.29, 1.82) is 0 Å². The molecule has 0 aliphatic rings. The van der Waals surface area contributed by atoms with Gasteiger partial charge in [-0.15, -0.1) is 0 Å². The summed E-state index contributed by atoms with van der Waals surface area (Å²) in [6.07, 6.45) is 4.26. The summed E-state index contributed by atoms with van der Waals surface area (Å²) >= 11 is 0. The molecule has 0 unspecified atom stereocenters. The largest absolute Gasteiger partial charge is 0.478 e. The van der Waals surface area contributed by atoms with E-state index >= 15 is 0 Å². The minimum Gasteiger partial charge on any atom is -0.478 e. The first-order valence-electron chi connectivity index (χ1n) is 3.05. The van der Waals surface area contributed by atoms with Crippen molar-refractivity contribution in [3.05, 3.63) is 36.5 Å². The summed E-state index contributed by atoms with van der Waals surface area (Å²) in [5, 5.41) is 16.6. The van der Waals surface area contributed by atoms with Crippen LogP contribution in [0.4, 0.5) is 0 Å². The molecule has 0 atom stereocenters. The summed E-state index contributed by atoms with van der Waals surface area (Å²) in [6.45, 7) is 3.25. The Balaban J connectivity index is 4.41. The molecule has 0 rings (SSSR count). The van der Waals surface area contributed by atoms with E-state index in [9.17, 15) is 9.59 Å². The van der Waals surface area contributed by atoms with Gasteiger partial charge >= 0.3 is 11.9 Å². The lowest BCUT2D eigenvalue weighted by Gasteiger charge is -1.88. The van der Waals surface area contributed by atoms with E-state index in [0.29, 0.717) is 0 Å². The van der Waals surface area contributed by atoms with E-state index in [2.05, 4.69) is 6.58 Å². The van der Waals surface area contributed by atoms with E-state index in [4.69, 9.17) is 10.2 Å². The van der Waals surface area contributed by atoms with Gasteiger partial charge in [0.15, 0.2) is 0 Å². The topological polar surface area (TPSA) is 74.6 Å². The summed E-state index contributed by atoms with van der Waals surface area (Å²) in [6, 6.07) is 0. The second kappa shape index (κ2) is 4.90. The highest BCUT2D eigenvalue weighted by Crippen LogP contribution is 1.95. The third kappa shape index (κ3) is 4.05. The first kappa shape index (κ1) is 10.2. The highest BCUT2D eigenvalue weighted by atomic mass is 16.4. The van der Waals surface area contributed by atoms with Crippen molar-refractivity contribution in [3.8, 4) is 0 Å². The summed E-state index contributed by atoms with van der Waals surface area (Å²) in [5.74, 6) is -2.26. The zero-order chi connectivity index (χ0) is 9.56. The van der Waals surface area contributed by atoms with Crippen LogP contribution in [-0.2, 0) is 9.59 Å². The van der Waals surface area contributed by atoms with E-state index in [1.165, 1.54) is 0 Å². The predicted molar refractivity (Wildman–Crippen MR) is 42.7 cm³/mol.